The van der Waals surface area contributed by atoms with Gasteiger partial charge in [0.05, 0.1) is 30.7 Å². The van der Waals surface area contributed by atoms with Crippen LogP contribution in [-0.2, 0) is 17.3 Å². The lowest BCUT2D eigenvalue weighted by atomic mass is 10.0. The van der Waals surface area contributed by atoms with Crippen LogP contribution in [0.2, 0.25) is 0 Å². The van der Waals surface area contributed by atoms with E-state index >= 15 is 0 Å². The molecule has 0 saturated carbocycles. The van der Waals surface area contributed by atoms with Gasteiger partial charge in [0.15, 0.2) is 17.1 Å². The fourth-order valence-corrected chi connectivity index (χ4v) is 4.71. The van der Waals surface area contributed by atoms with E-state index in [2.05, 4.69) is 5.32 Å². The molecule has 0 aliphatic heterocycles. The van der Waals surface area contributed by atoms with E-state index in [-0.39, 0.29) is 36.2 Å². The predicted octanol–water partition coefficient (Wildman–Crippen LogP) is 7.98. The summed E-state index contributed by atoms with van der Waals surface area (Å²) in [5.74, 6) is 0.722. The molecule has 1 N–H and O–H groups in total. The summed E-state index contributed by atoms with van der Waals surface area (Å²) in [7, 11) is 3.01. The second-order valence-electron chi connectivity index (χ2n) is 10.3. The van der Waals surface area contributed by atoms with Crippen LogP contribution >= 0.6 is 12.4 Å². The minimum atomic E-state index is -4.34. The quantitative estimate of drug-likeness (QED) is 0.119. The van der Waals surface area contributed by atoms with E-state index in [4.69, 9.17) is 18.6 Å². The molecule has 1 atom stereocenters. The van der Waals surface area contributed by atoms with Gasteiger partial charge in [0.2, 0.25) is 11.2 Å². The lowest BCUT2D eigenvalue weighted by Gasteiger charge is -2.15. The van der Waals surface area contributed by atoms with Gasteiger partial charge in [-0.05, 0) is 49.2 Å². The van der Waals surface area contributed by atoms with Crippen LogP contribution in [0.3, 0.4) is 0 Å². The Morgan fingerprint density at radius 2 is 1.53 bits per heavy atom. The Hall–Kier alpha value is -4.80. The first kappa shape index (κ1) is 36.7. The van der Waals surface area contributed by atoms with E-state index in [9.17, 15) is 22.8 Å². The van der Waals surface area contributed by atoms with Crippen molar-refractivity contribution < 1.29 is 36.6 Å². The second kappa shape index (κ2) is 17.2. The van der Waals surface area contributed by atoms with Crippen molar-refractivity contribution in [2.75, 3.05) is 27.4 Å². The van der Waals surface area contributed by atoms with Crippen molar-refractivity contribution in [2.24, 2.45) is 0 Å². The summed E-state index contributed by atoms with van der Waals surface area (Å²) in [5.41, 5.74) is 1.44. The second-order valence-corrected chi connectivity index (χ2v) is 10.3. The molecule has 47 heavy (non-hydrogen) atoms. The number of esters is 1. The molecule has 1 unspecified atom stereocenters. The van der Waals surface area contributed by atoms with Crippen LogP contribution in [0.15, 0.2) is 112 Å². The predicted molar refractivity (Wildman–Crippen MR) is 178 cm³/mol. The molecule has 4 aromatic carbocycles. The Bertz CT molecular complexity index is 1800. The number of ether oxygens (including phenoxy) is 3. The van der Waals surface area contributed by atoms with Gasteiger partial charge >= 0.3 is 12.1 Å². The molecule has 0 amide bonds. The molecule has 0 aliphatic rings. The van der Waals surface area contributed by atoms with E-state index in [0.717, 1.165) is 17.7 Å². The third kappa shape index (κ3) is 9.84. The Labute approximate surface area is 276 Å². The maximum absolute atomic E-state index is 12.7. The van der Waals surface area contributed by atoms with Crippen molar-refractivity contribution in [3.8, 4) is 22.8 Å². The summed E-state index contributed by atoms with van der Waals surface area (Å²) in [5, 5.41) is 3.57. The lowest BCUT2D eigenvalue weighted by Crippen LogP contribution is -2.31. The Morgan fingerprint density at radius 3 is 2.17 bits per heavy atom. The molecule has 0 saturated heterocycles. The maximum Gasteiger partial charge on any atom is 0.416 e. The zero-order valence-electron chi connectivity index (χ0n) is 26.0. The molecule has 11 heteroatoms. The summed E-state index contributed by atoms with van der Waals surface area (Å²) in [6.07, 6.45) is -3.88. The minimum Gasteiger partial charge on any atom is -0.493 e. The number of benzene rings is 4. The van der Waals surface area contributed by atoms with Crippen molar-refractivity contribution >= 4 is 29.3 Å². The van der Waals surface area contributed by atoms with Crippen molar-refractivity contribution in [1.82, 2.24) is 5.32 Å². The molecule has 5 aromatic rings. The topological polar surface area (TPSA) is 87.0 Å². The van der Waals surface area contributed by atoms with Crippen molar-refractivity contribution in [3.05, 3.63) is 130 Å². The number of carbonyl (C=O) groups excluding carboxylic acids is 1. The number of para-hydroxylation sites is 1. The smallest absolute Gasteiger partial charge is 0.416 e. The Balaban J connectivity index is 0.000000253. The van der Waals surface area contributed by atoms with Crippen LogP contribution in [0.25, 0.3) is 22.3 Å². The number of fused-ring (bicyclic) bond motifs is 1. The van der Waals surface area contributed by atoms with Crippen LogP contribution in [-0.4, -0.2) is 39.4 Å². The van der Waals surface area contributed by atoms with Crippen LogP contribution in [0.1, 0.15) is 28.4 Å². The van der Waals surface area contributed by atoms with Gasteiger partial charge < -0.3 is 23.9 Å². The first-order chi connectivity index (χ1) is 22.1. The van der Waals surface area contributed by atoms with Crippen LogP contribution < -0.4 is 20.2 Å². The molecule has 248 valence electrons. The summed E-state index contributed by atoms with van der Waals surface area (Å²) < 4.78 is 59.7. The fourth-order valence-electron chi connectivity index (χ4n) is 4.71. The number of carbonyl (C=O) groups is 1. The van der Waals surface area contributed by atoms with Crippen LogP contribution in [0, 0.1) is 0 Å². The standard InChI is InChI=1S/C19H20F3NO2.C17H14O4.ClH/c1-14(12-15-6-5-9-17(13-15)19(20,21)22)23-10-11-25-18(24)16-7-3-2-4-8-16;1-19-13-10-6-9-12-14(18)17(20-2)15(21-16(12)13)11-7-4-3-5-8-11;/h2-9,13-14,23H,10-12H2,1H3;3-10H,1-2H3;1H. The van der Waals surface area contributed by atoms with Crippen molar-refractivity contribution in [2.45, 2.75) is 25.6 Å². The molecular formula is C36H35ClF3NO6. The number of hydrogen-bond acceptors (Lipinski definition) is 7. The highest BCUT2D eigenvalue weighted by atomic mass is 35.5. The SMILES string of the molecule is CC(Cc1cccc(C(F)(F)F)c1)NCCOC(=O)c1ccccc1.COc1c(-c2ccccc2)oc2c(OC)cccc2c1=O.Cl. The lowest BCUT2D eigenvalue weighted by molar-refractivity contribution is -0.137. The molecule has 5 rings (SSSR count). The third-order valence-corrected chi connectivity index (χ3v) is 6.93. The zero-order chi connectivity index (χ0) is 33.1. The number of hydrogen-bond donors (Lipinski definition) is 1. The third-order valence-electron chi connectivity index (χ3n) is 6.93. The molecule has 7 nitrogen and oxygen atoms in total. The van der Waals surface area contributed by atoms with Gasteiger partial charge in [-0.2, -0.15) is 13.2 Å². The highest BCUT2D eigenvalue weighted by molar-refractivity contribution is 5.89. The largest absolute Gasteiger partial charge is 0.493 e. The monoisotopic (exact) mass is 669 g/mol. The van der Waals surface area contributed by atoms with Gasteiger partial charge in [0, 0.05) is 18.2 Å². The summed E-state index contributed by atoms with van der Waals surface area (Å²) >= 11 is 0. The number of nitrogens with one attached hydrogen (secondary N) is 1. The maximum atomic E-state index is 12.7. The van der Waals surface area contributed by atoms with E-state index in [1.807, 2.05) is 43.3 Å². The number of alkyl halides is 3. The molecular weight excluding hydrogens is 635 g/mol. The van der Waals surface area contributed by atoms with E-state index in [1.54, 1.807) is 55.6 Å². The zero-order valence-corrected chi connectivity index (χ0v) is 26.8. The number of halogens is 4. The Kier molecular flexibility index (Phi) is 13.4. The fraction of sp³-hybridized carbons (Fsp3) is 0.222. The summed E-state index contributed by atoms with van der Waals surface area (Å²) in [6.45, 7) is 2.50. The first-order valence-corrected chi connectivity index (χ1v) is 14.5. The average Bonchev–Trinajstić information content (AvgIpc) is 3.07. The minimum absolute atomic E-state index is 0. The van der Waals surface area contributed by atoms with Crippen LogP contribution in [0.4, 0.5) is 13.2 Å². The molecule has 0 fully saturated rings. The van der Waals surface area contributed by atoms with Gasteiger partial charge in [-0.1, -0.05) is 72.8 Å². The molecule has 0 aliphatic carbocycles. The Morgan fingerprint density at radius 1 is 0.872 bits per heavy atom. The average molecular weight is 670 g/mol. The summed E-state index contributed by atoms with van der Waals surface area (Å²) in [6, 6.07) is 28.5. The molecule has 0 bridgehead atoms. The van der Waals surface area contributed by atoms with E-state index in [0.29, 0.717) is 46.6 Å². The van der Waals surface area contributed by atoms with Gasteiger partial charge in [-0.15, -0.1) is 12.4 Å². The van der Waals surface area contributed by atoms with E-state index < -0.39 is 17.7 Å². The van der Waals surface area contributed by atoms with Gasteiger partial charge in [0.25, 0.3) is 0 Å². The highest BCUT2D eigenvalue weighted by Gasteiger charge is 2.30. The number of methoxy groups -OCH3 is 2. The van der Waals surface area contributed by atoms with E-state index in [1.165, 1.54) is 13.2 Å². The van der Waals surface area contributed by atoms with Crippen molar-refractivity contribution in [1.29, 1.82) is 0 Å². The normalized spacial score (nSPS) is 11.4. The molecule has 1 aromatic heterocycles. The van der Waals surface area contributed by atoms with Crippen molar-refractivity contribution in [3.63, 3.8) is 0 Å². The summed E-state index contributed by atoms with van der Waals surface area (Å²) in [4.78, 5) is 24.3. The van der Waals surface area contributed by atoms with Gasteiger partial charge in [-0.3, -0.25) is 4.79 Å². The van der Waals surface area contributed by atoms with Gasteiger partial charge in [-0.25, -0.2) is 4.79 Å². The molecule has 1 heterocycles. The molecule has 0 radical (unpaired) electrons. The van der Waals surface area contributed by atoms with Crippen LogP contribution in [0.5, 0.6) is 11.5 Å². The molecule has 0 spiro atoms. The number of rotatable bonds is 10. The highest BCUT2D eigenvalue weighted by Crippen LogP contribution is 2.34. The van der Waals surface area contributed by atoms with Gasteiger partial charge in [0.1, 0.15) is 6.61 Å². The first-order valence-electron chi connectivity index (χ1n) is 14.5.